The molecule has 0 bridgehead atoms. The molecule has 0 spiro atoms. The van der Waals surface area contributed by atoms with Gasteiger partial charge in [-0.05, 0) is 33.2 Å². The topological polar surface area (TPSA) is 29.3 Å². The van der Waals surface area contributed by atoms with Crippen LogP contribution in [0.2, 0.25) is 0 Å². The van der Waals surface area contributed by atoms with Crippen LogP contribution in [0, 0.1) is 0 Å². The number of hydrogen-bond acceptors (Lipinski definition) is 2. The molecule has 0 saturated carbocycles. The van der Waals surface area contributed by atoms with Crippen LogP contribution in [0.3, 0.4) is 0 Å². The van der Waals surface area contributed by atoms with E-state index in [1.165, 1.54) is 27.8 Å². The normalized spacial score (nSPS) is 11.8. The summed E-state index contributed by atoms with van der Waals surface area (Å²) in [7, 11) is 0. The second-order valence-electron chi connectivity index (χ2n) is 8.60. The van der Waals surface area contributed by atoms with Gasteiger partial charge in [0.2, 0.25) is 0 Å². The molecule has 3 aromatic carbocycles. The summed E-state index contributed by atoms with van der Waals surface area (Å²) in [5.74, 6) is 0. The van der Waals surface area contributed by atoms with E-state index in [1.807, 2.05) is 0 Å². The minimum absolute atomic E-state index is 0.187. The van der Waals surface area contributed by atoms with Gasteiger partial charge in [-0.15, -0.1) is 0 Å². The number of nitrogens with two attached hydrogens (primary N) is 1. The van der Waals surface area contributed by atoms with Gasteiger partial charge in [-0.25, -0.2) is 0 Å². The zero-order valence-corrected chi connectivity index (χ0v) is 17.4. The Hall–Kier alpha value is -2.42. The summed E-state index contributed by atoms with van der Waals surface area (Å²) < 4.78 is 0. The molecular weight excluding hydrogens is 340 g/mol. The van der Waals surface area contributed by atoms with Gasteiger partial charge in [0.05, 0.1) is 0 Å². The van der Waals surface area contributed by atoms with Crippen LogP contribution in [0.15, 0.2) is 78.9 Å². The molecule has 2 heteroatoms. The molecule has 0 aliphatic rings. The molecule has 0 radical (unpaired) electrons. The molecular formula is C26H32N2. The van der Waals surface area contributed by atoms with Crippen molar-refractivity contribution in [3.05, 3.63) is 107 Å². The van der Waals surface area contributed by atoms with Gasteiger partial charge in [0.15, 0.2) is 0 Å². The van der Waals surface area contributed by atoms with Crippen LogP contribution in [0.5, 0.6) is 0 Å². The maximum atomic E-state index is 5.74. The molecule has 0 amide bonds. The quantitative estimate of drug-likeness (QED) is 0.581. The Balaban J connectivity index is 1.76. The lowest BCUT2D eigenvalue weighted by molar-refractivity contribution is 0.247. The highest BCUT2D eigenvalue weighted by Gasteiger charge is 2.14. The van der Waals surface area contributed by atoms with Gasteiger partial charge >= 0.3 is 0 Å². The van der Waals surface area contributed by atoms with Gasteiger partial charge in [-0.2, -0.15) is 0 Å². The van der Waals surface area contributed by atoms with Crippen molar-refractivity contribution >= 4 is 0 Å². The van der Waals surface area contributed by atoms with Gasteiger partial charge in [-0.3, -0.25) is 4.90 Å². The van der Waals surface area contributed by atoms with Crippen molar-refractivity contribution < 1.29 is 0 Å². The highest BCUT2D eigenvalue weighted by molar-refractivity contribution is 5.28. The Morgan fingerprint density at radius 2 is 1.04 bits per heavy atom. The van der Waals surface area contributed by atoms with Crippen molar-refractivity contribution in [3.8, 4) is 0 Å². The lowest BCUT2D eigenvalue weighted by Gasteiger charge is -2.24. The number of nitrogens with zero attached hydrogens (tertiary/aromatic N) is 1. The molecule has 2 nitrogen and oxygen atoms in total. The Morgan fingerprint density at radius 1 is 0.607 bits per heavy atom. The van der Waals surface area contributed by atoms with Crippen molar-refractivity contribution in [3.63, 3.8) is 0 Å². The average Bonchev–Trinajstić information content (AvgIpc) is 2.69. The van der Waals surface area contributed by atoms with E-state index in [1.54, 1.807) is 0 Å². The van der Waals surface area contributed by atoms with E-state index >= 15 is 0 Å². The van der Waals surface area contributed by atoms with Gasteiger partial charge in [0.1, 0.15) is 0 Å². The van der Waals surface area contributed by atoms with Crippen molar-refractivity contribution in [2.24, 2.45) is 5.73 Å². The number of hydrogen-bond donors (Lipinski definition) is 1. The van der Waals surface area contributed by atoms with Gasteiger partial charge in [-0.1, -0.05) is 99.6 Å². The fourth-order valence-corrected chi connectivity index (χ4v) is 3.42. The zero-order valence-electron chi connectivity index (χ0n) is 17.4. The van der Waals surface area contributed by atoms with Crippen LogP contribution in [-0.4, -0.2) is 4.90 Å². The van der Waals surface area contributed by atoms with Crippen molar-refractivity contribution in [2.75, 3.05) is 0 Å². The summed E-state index contributed by atoms with van der Waals surface area (Å²) in [6, 6.07) is 28.5. The minimum atomic E-state index is 0.187. The summed E-state index contributed by atoms with van der Waals surface area (Å²) >= 11 is 0. The van der Waals surface area contributed by atoms with Gasteiger partial charge in [0, 0.05) is 26.2 Å². The van der Waals surface area contributed by atoms with Gasteiger partial charge < -0.3 is 5.73 Å². The molecule has 3 rings (SSSR count). The third-order valence-corrected chi connectivity index (χ3v) is 5.14. The molecule has 28 heavy (non-hydrogen) atoms. The maximum Gasteiger partial charge on any atom is 0.0240 e. The van der Waals surface area contributed by atoms with E-state index in [0.717, 1.165) is 19.6 Å². The highest BCUT2D eigenvalue weighted by atomic mass is 15.1. The Kier molecular flexibility index (Phi) is 6.66. The summed E-state index contributed by atoms with van der Waals surface area (Å²) in [6.45, 7) is 10.1. The molecule has 0 atom stereocenters. The second kappa shape index (κ2) is 9.18. The maximum absolute atomic E-state index is 5.74. The molecule has 0 aromatic heterocycles. The lowest BCUT2D eigenvalue weighted by atomic mass is 9.87. The van der Waals surface area contributed by atoms with Crippen molar-refractivity contribution in [1.82, 2.24) is 4.90 Å². The monoisotopic (exact) mass is 372 g/mol. The Morgan fingerprint density at radius 3 is 1.50 bits per heavy atom. The molecule has 2 N–H and O–H groups in total. The molecule has 0 unspecified atom stereocenters. The molecule has 0 heterocycles. The van der Waals surface area contributed by atoms with Crippen molar-refractivity contribution in [2.45, 2.75) is 52.4 Å². The van der Waals surface area contributed by atoms with E-state index in [4.69, 9.17) is 5.73 Å². The van der Waals surface area contributed by atoms with Crippen LogP contribution in [0.4, 0.5) is 0 Å². The predicted molar refractivity (Wildman–Crippen MR) is 119 cm³/mol. The van der Waals surface area contributed by atoms with Crippen molar-refractivity contribution in [1.29, 1.82) is 0 Å². The molecule has 3 aromatic rings. The van der Waals surface area contributed by atoms with E-state index in [-0.39, 0.29) is 5.41 Å². The average molecular weight is 373 g/mol. The van der Waals surface area contributed by atoms with E-state index in [0.29, 0.717) is 6.54 Å². The summed E-state index contributed by atoms with van der Waals surface area (Å²) in [6.07, 6.45) is 0. The summed E-state index contributed by atoms with van der Waals surface area (Å²) in [4.78, 5) is 2.50. The second-order valence-corrected chi connectivity index (χ2v) is 8.60. The summed E-state index contributed by atoms with van der Waals surface area (Å²) in [5.41, 5.74) is 12.5. The Labute approximate surface area is 170 Å². The van der Waals surface area contributed by atoms with Crippen LogP contribution in [-0.2, 0) is 31.6 Å². The lowest BCUT2D eigenvalue weighted by Crippen LogP contribution is -2.22. The molecule has 0 aliphatic carbocycles. The largest absolute Gasteiger partial charge is 0.326 e. The van der Waals surface area contributed by atoms with Crippen LogP contribution < -0.4 is 5.73 Å². The van der Waals surface area contributed by atoms with Crippen LogP contribution >= 0.6 is 0 Å². The zero-order chi connectivity index (χ0) is 20.0. The van der Waals surface area contributed by atoms with E-state index < -0.39 is 0 Å². The first-order chi connectivity index (χ1) is 13.4. The number of rotatable bonds is 7. The standard InChI is InChI=1S/C26H32N2/c1-26(2,3)25-15-13-24(14-16-25)20-28(18-22-7-5-4-6-8-22)19-23-11-9-21(17-27)10-12-23/h4-16H,17-20,27H2,1-3H3. The molecule has 0 saturated heterocycles. The van der Waals surface area contributed by atoms with Gasteiger partial charge in [0.25, 0.3) is 0 Å². The Bertz CT molecular complexity index is 844. The van der Waals surface area contributed by atoms with E-state index in [9.17, 15) is 0 Å². The molecule has 0 aliphatic heterocycles. The third-order valence-electron chi connectivity index (χ3n) is 5.14. The first-order valence-corrected chi connectivity index (χ1v) is 10.1. The molecule has 0 fully saturated rings. The minimum Gasteiger partial charge on any atom is -0.326 e. The predicted octanol–water partition coefficient (Wildman–Crippen LogP) is 5.65. The third kappa shape index (κ3) is 5.79. The smallest absolute Gasteiger partial charge is 0.0240 e. The molecule has 146 valence electrons. The number of benzene rings is 3. The first kappa shape index (κ1) is 20.3. The van der Waals surface area contributed by atoms with Crippen LogP contribution in [0.1, 0.15) is 48.6 Å². The first-order valence-electron chi connectivity index (χ1n) is 10.1. The SMILES string of the molecule is CC(C)(C)c1ccc(CN(Cc2ccccc2)Cc2ccc(CN)cc2)cc1. The highest BCUT2D eigenvalue weighted by Crippen LogP contribution is 2.23. The fraction of sp³-hybridized carbons (Fsp3) is 0.308. The fourth-order valence-electron chi connectivity index (χ4n) is 3.42. The van der Waals surface area contributed by atoms with Crippen LogP contribution in [0.25, 0.3) is 0 Å². The summed E-state index contributed by atoms with van der Waals surface area (Å²) in [5, 5.41) is 0. The van der Waals surface area contributed by atoms with E-state index in [2.05, 4.69) is 105 Å².